The van der Waals surface area contributed by atoms with Crippen molar-refractivity contribution in [2.75, 3.05) is 0 Å². The second kappa shape index (κ2) is 6.23. The Morgan fingerprint density at radius 3 is 1.71 bits per heavy atom. The quantitative estimate of drug-likeness (QED) is 0.558. The van der Waals surface area contributed by atoms with E-state index in [1.54, 1.807) is 0 Å². The summed E-state index contributed by atoms with van der Waals surface area (Å²) in [7, 11) is -0.978. The van der Waals surface area contributed by atoms with Gasteiger partial charge in [-0.3, -0.25) is 0 Å². The van der Waals surface area contributed by atoms with Gasteiger partial charge in [0, 0.05) is 0 Å². The first-order chi connectivity index (χ1) is 6.83. The molecule has 1 aliphatic rings. The molecule has 0 nitrogen and oxygen atoms in total. The summed E-state index contributed by atoms with van der Waals surface area (Å²) in [5.41, 5.74) is 5.18. The third-order valence-electron chi connectivity index (χ3n) is 3.09. The zero-order chi connectivity index (χ0) is 10.3. The van der Waals surface area contributed by atoms with Crippen molar-refractivity contribution in [1.29, 1.82) is 0 Å². The fourth-order valence-electron chi connectivity index (χ4n) is 1.94. The van der Waals surface area contributed by atoms with Crippen molar-refractivity contribution in [2.24, 2.45) is 0 Å². The second-order valence-electron chi connectivity index (χ2n) is 4.47. The van der Waals surface area contributed by atoms with Gasteiger partial charge in [-0.1, -0.05) is 68.7 Å². The van der Waals surface area contributed by atoms with Crippen LogP contribution in [0.25, 0.3) is 0 Å². The van der Waals surface area contributed by atoms with Gasteiger partial charge in [-0.2, -0.15) is 0 Å². The summed E-state index contributed by atoms with van der Waals surface area (Å²) in [6.45, 7) is 4.51. The third kappa shape index (κ3) is 3.45. The maximum absolute atomic E-state index is 2.59. The predicted molar refractivity (Wildman–Crippen MR) is 68.1 cm³/mol. The van der Waals surface area contributed by atoms with Crippen molar-refractivity contribution in [2.45, 2.75) is 58.0 Å². The molecule has 0 unspecified atom stereocenters. The van der Waals surface area contributed by atoms with Gasteiger partial charge in [0.2, 0.25) is 0 Å². The van der Waals surface area contributed by atoms with Gasteiger partial charge in [-0.15, -0.1) is 0 Å². The van der Waals surface area contributed by atoms with E-state index in [0.717, 1.165) is 0 Å². The molecule has 0 amide bonds. The van der Waals surface area contributed by atoms with Gasteiger partial charge in [0.1, 0.15) is 8.07 Å². The van der Waals surface area contributed by atoms with E-state index in [4.69, 9.17) is 0 Å². The Morgan fingerprint density at radius 2 is 1.43 bits per heavy atom. The third-order valence-corrected chi connectivity index (χ3v) is 7.46. The molecule has 0 aromatic heterocycles. The maximum Gasteiger partial charge on any atom is 0.101 e. The first-order valence-corrected chi connectivity index (χ1v) is 8.75. The maximum atomic E-state index is 2.59. The van der Waals surface area contributed by atoms with Crippen LogP contribution in [0.1, 0.15) is 46.0 Å². The zero-order valence-corrected chi connectivity index (χ0v) is 10.8. The monoisotopic (exact) mass is 208 g/mol. The lowest BCUT2D eigenvalue weighted by Gasteiger charge is -2.34. The Hall–Kier alpha value is -0.303. The summed E-state index contributed by atoms with van der Waals surface area (Å²) >= 11 is 0. The van der Waals surface area contributed by atoms with Crippen molar-refractivity contribution >= 4 is 8.07 Å². The highest BCUT2D eigenvalue weighted by Crippen LogP contribution is 2.34. The molecule has 0 aromatic carbocycles. The first-order valence-electron chi connectivity index (χ1n) is 6.18. The normalized spacial score (nSPS) is 20.4. The van der Waals surface area contributed by atoms with Crippen LogP contribution in [0.3, 0.4) is 0 Å². The van der Waals surface area contributed by atoms with Crippen molar-refractivity contribution in [3.05, 3.63) is 23.6 Å². The molecule has 0 aromatic rings. The average Bonchev–Trinajstić information content (AvgIpc) is 2.13. The molecule has 1 heteroatoms. The minimum Gasteiger partial charge on any atom is -0.0944 e. The van der Waals surface area contributed by atoms with Crippen LogP contribution in [0.5, 0.6) is 0 Å². The molecule has 1 saturated heterocycles. The fraction of sp³-hybridized carbons (Fsp3) is 0.692. The first kappa shape index (κ1) is 11.8. The topological polar surface area (TPSA) is 0 Å². The van der Waals surface area contributed by atoms with Crippen molar-refractivity contribution in [3.8, 4) is 0 Å². The van der Waals surface area contributed by atoms with E-state index in [-0.39, 0.29) is 0 Å². The van der Waals surface area contributed by atoms with Gasteiger partial charge < -0.3 is 0 Å². The number of hydrogen-bond acceptors (Lipinski definition) is 0. The lowest BCUT2D eigenvalue weighted by Crippen LogP contribution is -2.37. The van der Waals surface area contributed by atoms with E-state index in [9.17, 15) is 0 Å². The van der Waals surface area contributed by atoms with Crippen LogP contribution in [-0.4, -0.2) is 8.07 Å². The number of rotatable bonds is 6. The van der Waals surface area contributed by atoms with E-state index < -0.39 is 8.07 Å². The molecule has 0 saturated carbocycles. The lowest BCUT2D eigenvalue weighted by molar-refractivity contribution is 0.913. The molecule has 0 radical (unpaired) electrons. The van der Waals surface area contributed by atoms with Crippen LogP contribution in [0.2, 0.25) is 12.1 Å². The highest BCUT2D eigenvalue weighted by molar-refractivity contribution is 6.91. The predicted octanol–water partition coefficient (Wildman–Crippen LogP) is 4.63. The Kier molecular flexibility index (Phi) is 5.24. The second-order valence-corrected chi connectivity index (χ2v) is 8.60. The summed E-state index contributed by atoms with van der Waals surface area (Å²) in [5.74, 6) is 0. The largest absolute Gasteiger partial charge is 0.101 e. The summed E-state index contributed by atoms with van der Waals surface area (Å²) in [5, 5.41) is 0. The summed E-state index contributed by atoms with van der Waals surface area (Å²) in [6.07, 6.45) is 11.5. The molecule has 1 rings (SSSR count). The highest BCUT2D eigenvalue weighted by Gasteiger charge is 2.33. The minimum atomic E-state index is -0.978. The summed E-state index contributed by atoms with van der Waals surface area (Å²) in [4.78, 5) is 0. The Labute approximate surface area is 90.1 Å². The Balaban J connectivity index is 2.41. The molecular weight excluding hydrogens is 184 g/mol. The smallest absolute Gasteiger partial charge is 0.0944 e. The van der Waals surface area contributed by atoms with E-state index in [2.05, 4.69) is 37.4 Å². The van der Waals surface area contributed by atoms with Crippen LogP contribution in [0, 0.1) is 0 Å². The standard InChI is InChI=1S/C13H24Si/c1-3-5-7-10-14(12-9-13-14)11-8-6-4-2/h7-8,10-11H,3-6,9,12-13H2,1-2H3/b10-7+,11-8+. The molecule has 0 atom stereocenters. The molecular formula is C13H24Si. The summed E-state index contributed by atoms with van der Waals surface area (Å²) < 4.78 is 0. The molecule has 1 aliphatic heterocycles. The molecule has 0 N–H and O–H groups in total. The van der Waals surface area contributed by atoms with E-state index in [1.165, 1.54) is 44.2 Å². The Bertz CT molecular complexity index is 181. The molecule has 80 valence electrons. The van der Waals surface area contributed by atoms with Crippen molar-refractivity contribution in [1.82, 2.24) is 0 Å². The molecule has 0 aliphatic carbocycles. The highest BCUT2D eigenvalue weighted by atomic mass is 28.3. The molecule has 0 bridgehead atoms. The fourth-order valence-corrected chi connectivity index (χ4v) is 5.16. The molecule has 1 heterocycles. The van der Waals surface area contributed by atoms with Crippen molar-refractivity contribution < 1.29 is 0 Å². The van der Waals surface area contributed by atoms with Gasteiger partial charge in [-0.05, 0) is 12.8 Å². The van der Waals surface area contributed by atoms with Crippen LogP contribution in [0.4, 0.5) is 0 Å². The van der Waals surface area contributed by atoms with E-state index >= 15 is 0 Å². The van der Waals surface area contributed by atoms with Crippen LogP contribution >= 0.6 is 0 Å². The average molecular weight is 208 g/mol. The summed E-state index contributed by atoms with van der Waals surface area (Å²) in [6, 6.07) is 3.01. The lowest BCUT2D eigenvalue weighted by atomic mass is 10.3. The number of unbranched alkanes of at least 4 members (excludes halogenated alkanes) is 2. The molecule has 14 heavy (non-hydrogen) atoms. The number of allylic oxidation sites excluding steroid dienone is 2. The van der Waals surface area contributed by atoms with Gasteiger partial charge >= 0.3 is 0 Å². The zero-order valence-electron chi connectivity index (χ0n) is 9.76. The Morgan fingerprint density at radius 1 is 0.929 bits per heavy atom. The van der Waals surface area contributed by atoms with Crippen molar-refractivity contribution in [3.63, 3.8) is 0 Å². The number of hydrogen-bond donors (Lipinski definition) is 0. The molecule has 1 fully saturated rings. The van der Waals surface area contributed by atoms with E-state index in [1.807, 2.05) is 0 Å². The van der Waals surface area contributed by atoms with Crippen LogP contribution in [-0.2, 0) is 0 Å². The van der Waals surface area contributed by atoms with Gasteiger partial charge in [0.25, 0.3) is 0 Å². The van der Waals surface area contributed by atoms with E-state index in [0.29, 0.717) is 0 Å². The minimum absolute atomic E-state index is 0.978. The van der Waals surface area contributed by atoms with Crippen LogP contribution in [0.15, 0.2) is 23.6 Å². The molecule has 0 spiro atoms. The van der Waals surface area contributed by atoms with Gasteiger partial charge in [0.05, 0.1) is 0 Å². The SMILES string of the molecule is CCC/C=C/[Si]1(/C=C/CCC)CCC1. The van der Waals surface area contributed by atoms with Gasteiger partial charge in [-0.25, -0.2) is 0 Å². The van der Waals surface area contributed by atoms with Gasteiger partial charge in [0.15, 0.2) is 0 Å². The van der Waals surface area contributed by atoms with Crippen LogP contribution < -0.4 is 0 Å².